The fourth-order valence-electron chi connectivity index (χ4n) is 2.52. The van der Waals surface area contributed by atoms with E-state index < -0.39 is 14.3 Å². The molecule has 0 aliphatic rings. The van der Waals surface area contributed by atoms with E-state index >= 15 is 0 Å². The van der Waals surface area contributed by atoms with Gasteiger partial charge in [0.05, 0.1) is 0 Å². The first-order valence-corrected chi connectivity index (χ1v) is 10.3. The standard InChI is InChI=1S/C20H20O3Si/c1-24(22-18-13-7-3-8-14-18,23-19-15-9-4-10-16-19)20(21)17-11-5-2-6-12-17/h2-16,20-21H,1H3. The number of benzene rings is 3. The molecule has 3 aromatic rings. The first-order valence-electron chi connectivity index (χ1n) is 7.88. The van der Waals surface area contributed by atoms with Gasteiger partial charge in [0, 0.05) is 6.55 Å². The molecule has 0 saturated heterocycles. The van der Waals surface area contributed by atoms with Gasteiger partial charge in [-0.1, -0.05) is 66.7 Å². The maximum atomic E-state index is 11.0. The lowest BCUT2D eigenvalue weighted by atomic mass is 10.2. The zero-order valence-corrected chi connectivity index (χ0v) is 14.5. The number of hydrogen-bond donors (Lipinski definition) is 1. The van der Waals surface area contributed by atoms with Gasteiger partial charge in [0.2, 0.25) is 0 Å². The Kier molecular flexibility index (Phi) is 4.98. The van der Waals surface area contributed by atoms with Crippen molar-refractivity contribution in [1.82, 2.24) is 0 Å². The van der Waals surface area contributed by atoms with Crippen LogP contribution in [0, 0.1) is 0 Å². The van der Waals surface area contributed by atoms with Gasteiger partial charge in [0.15, 0.2) is 0 Å². The number of hydrogen-bond acceptors (Lipinski definition) is 3. The third-order valence-corrected chi connectivity index (χ3v) is 6.35. The van der Waals surface area contributed by atoms with Crippen LogP contribution in [0.5, 0.6) is 11.5 Å². The molecule has 3 rings (SSSR count). The van der Waals surface area contributed by atoms with Crippen LogP contribution in [0.2, 0.25) is 6.55 Å². The van der Waals surface area contributed by atoms with E-state index in [1.165, 1.54) is 0 Å². The highest BCUT2D eigenvalue weighted by molar-refractivity contribution is 6.68. The minimum Gasteiger partial charge on any atom is -0.510 e. The van der Waals surface area contributed by atoms with E-state index in [0.29, 0.717) is 11.5 Å². The molecular weight excluding hydrogens is 316 g/mol. The normalized spacial score (nSPS) is 12.4. The highest BCUT2D eigenvalue weighted by Gasteiger charge is 2.46. The molecule has 0 fully saturated rings. The molecule has 24 heavy (non-hydrogen) atoms. The van der Waals surface area contributed by atoms with Crippen molar-refractivity contribution in [3.8, 4) is 11.5 Å². The Labute approximate surface area is 143 Å². The molecule has 0 saturated carbocycles. The van der Waals surface area contributed by atoms with Gasteiger partial charge >= 0.3 is 8.56 Å². The van der Waals surface area contributed by atoms with E-state index in [-0.39, 0.29) is 0 Å². The Hall–Kier alpha value is -2.56. The highest BCUT2D eigenvalue weighted by atomic mass is 28.4. The first kappa shape index (κ1) is 16.3. The molecule has 122 valence electrons. The Morgan fingerprint density at radius 3 is 1.46 bits per heavy atom. The maximum absolute atomic E-state index is 11.0. The topological polar surface area (TPSA) is 38.7 Å². The van der Waals surface area contributed by atoms with Gasteiger partial charge in [-0.3, -0.25) is 0 Å². The average molecular weight is 336 g/mol. The Morgan fingerprint density at radius 1 is 0.667 bits per heavy atom. The van der Waals surface area contributed by atoms with Crippen LogP contribution in [0.25, 0.3) is 0 Å². The Morgan fingerprint density at radius 2 is 1.04 bits per heavy atom. The summed E-state index contributed by atoms with van der Waals surface area (Å²) in [5.41, 5.74) is -0.0300. The lowest BCUT2D eigenvalue weighted by molar-refractivity contribution is 0.194. The van der Waals surface area contributed by atoms with Crippen LogP contribution in [-0.4, -0.2) is 13.7 Å². The maximum Gasteiger partial charge on any atom is 0.491 e. The van der Waals surface area contributed by atoms with Crippen LogP contribution in [-0.2, 0) is 0 Å². The summed E-state index contributed by atoms with van der Waals surface area (Å²) in [6, 6.07) is 28.5. The zero-order valence-electron chi connectivity index (χ0n) is 13.5. The van der Waals surface area contributed by atoms with Crippen LogP contribution >= 0.6 is 0 Å². The summed E-state index contributed by atoms with van der Waals surface area (Å²) in [7, 11) is -3.02. The molecule has 0 aromatic heterocycles. The van der Waals surface area contributed by atoms with Gasteiger partial charge in [-0.05, 0) is 29.8 Å². The molecular formula is C20H20O3Si. The third kappa shape index (κ3) is 3.85. The molecule has 4 heteroatoms. The molecule has 0 aliphatic carbocycles. The SMILES string of the molecule is C[Si](Oc1ccccc1)(Oc1ccccc1)C(O)c1ccccc1. The van der Waals surface area contributed by atoms with E-state index in [1.54, 1.807) is 0 Å². The zero-order chi connectivity index (χ0) is 16.8. The minimum absolute atomic E-state index is 0.692. The van der Waals surface area contributed by atoms with E-state index in [9.17, 15) is 5.11 Å². The van der Waals surface area contributed by atoms with Crippen molar-refractivity contribution >= 4 is 8.56 Å². The van der Waals surface area contributed by atoms with Gasteiger partial charge in [0.25, 0.3) is 0 Å². The second kappa shape index (κ2) is 7.34. The molecule has 1 unspecified atom stereocenters. The minimum atomic E-state index is -3.02. The summed E-state index contributed by atoms with van der Waals surface area (Å²) in [5, 5.41) is 11.0. The lowest BCUT2D eigenvalue weighted by Crippen LogP contribution is -2.51. The van der Waals surface area contributed by atoms with Gasteiger partial charge in [0.1, 0.15) is 17.2 Å². The van der Waals surface area contributed by atoms with Crippen molar-refractivity contribution in [3.63, 3.8) is 0 Å². The van der Waals surface area contributed by atoms with Crippen LogP contribution in [0.15, 0.2) is 91.0 Å². The number of aliphatic hydroxyl groups is 1. The monoisotopic (exact) mass is 336 g/mol. The lowest BCUT2D eigenvalue weighted by Gasteiger charge is -2.32. The molecule has 0 amide bonds. The predicted molar refractivity (Wildman–Crippen MR) is 97.2 cm³/mol. The van der Waals surface area contributed by atoms with Crippen LogP contribution in [0.4, 0.5) is 0 Å². The smallest absolute Gasteiger partial charge is 0.491 e. The van der Waals surface area contributed by atoms with Crippen molar-refractivity contribution in [1.29, 1.82) is 0 Å². The van der Waals surface area contributed by atoms with E-state index in [2.05, 4.69) is 0 Å². The summed E-state index contributed by atoms with van der Waals surface area (Å²) in [6.07, 6.45) is 0. The molecule has 3 nitrogen and oxygen atoms in total. The fourth-order valence-corrected chi connectivity index (χ4v) is 4.79. The summed E-state index contributed by atoms with van der Waals surface area (Å²) in [5.74, 6) is 1.38. The summed E-state index contributed by atoms with van der Waals surface area (Å²) >= 11 is 0. The number of aliphatic hydroxyl groups excluding tert-OH is 1. The quantitative estimate of drug-likeness (QED) is 0.674. The summed E-state index contributed by atoms with van der Waals surface area (Å²) in [6.45, 7) is 1.88. The van der Waals surface area contributed by atoms with E-state index in [0.717, 1.165) is 5.56 Å². The van der Waals surface area contributed by atoms with Crippen molar-refractivity contribution < 1.29 is 14.0 Å². The highest BCUT2D eigenvalue weighted by Crippen LogP contribution is 2.30. The molecule has 1 atom stereocenters. The van der Waals surface area contributed by atoms with Crippen LogP contribution in [0.3, 0.4) is 0 Å². The van der Waals surface area contributed by atoms with E-state index in [4.69, 9.17) is 8.85 Å². The molecule has 3 aromatic carbocycles. The summed E-state index contributed by atoms with van der Waals surface area (Å²) < 4.78 is 12.4. The Balaban J connectivity index is 1.93. The fraction of sp³-hybridized carbons (Fsp3) is 0.100. The number of para-hydroxylation sites is 2. The first-order chi connectivity index (χ1) is 11.7. The predicted octanol–water partition coefficient (Wildman–Crippen LogP) is 4.49. The van der Waals surface area contributed by atoms with Gasteiger partial charge < -0.3 is 14.0 Å². The third-order valence-electron chi connectivity index (χ3n) is 3.74. The molecule has 0 aliphatic heterocycles. The number of rotatable bonds is 6. The molecule has 0 heterocycles. The molecule has 1 N–H and O–H groups in total. The van der Waals surface area contributed by atoms with Gasteiger partial charge in [-0.15, -0.1) is 0 Å². The average Bonchev–Trinajstić information content (AvgIpc) is 2.63. The van der Waals surface area contributed by atoms with Crippen molar-refractivity contribution in [2.45, 2.75) is 12.3 Å². The van der Waals surface area contributed by atoms with E-state index in [1.807, 2.05) is 97.5 Å². The molecule has 0 bridgehead atoms. The molecule has 0 radical (unpaired) electrons. The van der Waals surface area contributed by atoms with Crippen LogP contribution in [0.1, 0.15) is 11.3 Å². The second-order valence-corrected chi connectivity index (χ2v) is 8.65. The van der Waals surface area contributed by atoms with Crippen molar-refractivity contribution in [2.75, 3.05) is 0 Å². The van der Waals surface area contributed by atoms with Gasteiger partial charge in [-0.2, -0.15) is 0 Å². The largest absolute Gasteiger partial charge is 0.510 e. The van der Waals surface area contributed by atoms with Crippen LogP contribution < -0.4 is 8.85 Å². The van der Waals surface area contributed by atoms with Crippen molar-refractivity contribution in [2.24, 2.45) is 0 Å². The van der Waals surface area contributed by atoms with Gasteiger partial charge in [-0.25, -0.2) is 0 Å². The van der Waals surface area contributed by atoms with Crippen molar-refractivity contribution in [3.05, 3.63) is 96.6 Å². The molecule has 0 spiro atoms. The summed E-state index contributed by atoms with van der Waals surface area (Å²) in [4.78, 5) is 0. The second-order valence-electron chi connectivity index (χ2n) is 5.66. The Bertz CT molecular complexity index is 706.